The second-order valence-corrected chi connectivity index (χ2v) is 7.14. The summed E-state index contributed by atoms with van der Waals surface area (Å²) in [7, 11) is 1.35. The normalized spacial score (nSPS) is 11.6. The van der Waals surface area contributed by atoms with Crippen molar-refractivity contribution in [2.24, 2.45) is 4.99 Å². The third-order valence-electron chi connectivity index (χ3n) is 4.07. The van der Waals surface area contributed by atoms with E-state index < -0.39 is 5.97 Å². The fourth-order valence-corrected chi connectivity index (χ4v) is 3.95. The maximum absolute atomic E-state index is 12.5. The van der Waals surface area contributed by atoms with E-state index >= 15 is 0 Å². The van der Waals surface area contributed by atoms with Crippen LogP contribution in [0.15, 0.2) is 60.1 Å². The van der Waals surface area contributed by atoms with E-state index in [-0.39, 0.29) is 12.3 Å². The van der Waals surface area contributed by atoms with Gasteiger partial charge in [-0.3, -0.25) is 4.79 Å². The van der Waals surface area contributed by atoms with Crippen LogP contribution < -0.4 is 4.80 Å². The van der Waals surface area contributed by atoms with Crippen molar-refractivity contribution in [1.82, 2.24) is 4.57 Å². The standard InChI is InChI=1S/C21H20N2O3S/c1-4-10-23-17-9-8-16(20(25)26-3)13-18(17)27-21(23)22-19(24)12-15-7-5-6-14(2)11-15/h4-9,11,13H,1,10,12H2,2-3H3. The largest absolute Gasteiger partial charge is 0.465 e. The molecule has 0 bridgehead atoms. The van der Waals surface area contributed by atoms with Gasteiger partial charge in [0.1, 0.15) is 0 Å². The number of esters is 1. The number of amides is 1. The number of benzene rings is 2. The average molecular weight is 380 g/mol. The Morgan fingerprint density at radius 3 is 2.78 bits per heavy atom. The quantitative estimate of drug-likeness (QED) is 0.501. The highest BCUT2D eigenvalue weighted by Gasteiger charge is 2.11. The van der Waals surface area contributed by atoms with Gasteiger partial charge >= 0.3 is 5.97 Å². The van der Waals surface area contributed by atoms with E-state index in [2.05, 4.69) is 11.6 Å². The summed E-state index contributed by atoms with van der Waals surface area (Å²) >= 11 is 1.37. The van der Waals surface area contributed by atoms with Crippen LogP contribution in [-0.4, -0.2) is 23.6 Å². The van der Waals surface area contributed by atoms with Crippen molar-refractivity contribution in [3.8, 4) is 0 Å². The lowest BCUT2D eigenvalue weighted by molar-refractivity contribution is -0.117. The molecule has 0 N–H and O–H groups in total. The first-order valence-corrected chi connectivity index (χ1v) is 9.29. The SMILES string of the molecule is C=CCn1c(=NC(=O)Cc2cccc(C)c2)sc2cc(C(=O)OC)ccc21. The maximum atomic E-state index is 12.5. The first kappa shape index (κ1) is 18.8. The van der Waals surface area contributed by atoms with Crippen LogP contribution in [0.5, 0.6) is 0 Å². The van der Waals surface area contributed by atoms with Crippen molar-refractivity contribution in [3.63, 3.8) is 0 Å². The summed E-state index contributed by atoms with van der Waals surface area (Å²) in [5, 5.41) is 0. The molecule has 138 valence electrons. The van der Waals surface area contributed by atoms with Crippen molar-refractivity contribution in [2.45, 2.75) is 19.9 Å². The number of aryl methyl sites for hydroxylation is 1. The van der Waals surface area contributed by atoms with Crippen LogP contribution >= 0.6 is 11.3 Å². The summed E-state index contributed by atoms with van der Waals surface area (Å²) in [6.45, 7) is 6.30. The second-order valence-electron chi connectivity index (χ2n) is 6.13. The number of nitrogens with zero attached hydrogens (tertiary/aromatic N) is 2. The fourth-order valence-electron chi connectivity index (χ4n) is 2.85. The third kappa shape index (κ3) is 4.23. The Morgan fingerprint density at radius 2 is 2.07 bits per heavy atom. The van der Waals surface area contributed by atoms with Gasteiger partial charge in [0.2, 0.25) is 0 Å². The predicted octanol–water partition coefficient (Wildman–Crippen LogP) is 3.65. The van der Waals surface area contributed by atoms with Gasteiger partial charge in [-0.1, -0.05) is 47.2 Å². The summed E-state index contributed by atoms with van der Waals surface area (Å²) in [5.74, 6) is -0.604. The fraction of sp³-hybridized carbons (Fsp3) is 0.190. The molecule has 0 radical (unpaired) electrons. The van der Waals surface area contributed by atoms with E-state index in [0.717, 1.165) is 21.3 Å². The summed E-state index contributed by atoms with van der Waals surface area (Å²) < 4.78 is 7.56. The van der Waals surface area contributed by atoms with Crippen molar-refractivity contribution in [2.75, 3.05) is 7.11 Å². The molecule has 3 aromatic rings. The average Bonchev–Trinajstić information content (AvgIpc) is 2.97. The number of rotatable bonds is 5. The molecule has 5 nitrogen and oxygen atoms in total. The van der Waals surface area contributed by atoms with E-state index in [4.69, 9.17) is 4.74 Å². The molecule has 0 saturated heterocycles. The molecule has 0 saturated carbocycles. The van der Waals surface area contributed by atoms with Gasteiger partial charge in [-0.05, 0) is 30.7 Å². The maximum Gasteiger partial charge on any atom is 0.337 e. The molecular formula is C21H20N2O3S. The number of methoxy groups -OCH3 is 1. The van der Waals surface area contributed by atoms with Crippen LogP contribution in [0.4, 0.5) is 0 Å². The first-order valence-electron chi connectivity index (χ1n) is 8.47. The third-order valence-corrected chi connectivity index (χ3v) is 5.11. The van der Waals surface area contributed by atoms with Crippen LogP contribution in [0.3, 0.4) is 0 Å². The van der Waals surface area contributed by atoms with Gasteiger partial charge in [-0.25, -0.2) is 4.79 Å². The van der Waals surface area contributed by atoms with E-state index in [1.807, 2.05) is 41.8 Å². The lowest BCUT2D eigenvalue weighted by atomic mass is 10.1. The number of hydrogen-bond donors (Lipinski definition) is 0. The molecule has 1 heterocycles. The molecule has 0 atom stereocenters. The Kier molecular flexibility index (Phi) is 5.66. The number of allylic oxidation sites excluding steroid dienone is 1. The number of carbonyl (C=O) groups excluding carboxylic acids is 2. The van der Waals surface area contributed by atoms with Gasteiger partial charge in [0.25, 0.3) is 5.91 Å². The molecule has 6 heteroatoms. The number of aromatic nitrogens is 1. The van der Waals surface area contributed by atoms with E-state index in [1.165, 1.54) is 18.4 Å². The van der Waals surface area contributed by atoms with E-state index in [9.17, 15) is 9.59 Å². The Labute approximate surface area is 161 Å². The summed E-state index contributed by atoms with van der Waals surface area (Å²) in [6, 6.07) is 13.1. The topological polar surface area (TPSA) is 60.7 Å². The molecule has 0 spiro atoms. The van der Waals surface area contributed by atoms with Gasteiger partial charge in [0, 0.05) is 6.54 Å². The van der Waals surface area contributed by atoms with Crippen molar-refractivity contribution < 1.29 is 14.3 Å². The highest BCUT2D eigenvalue weighted by Crippen LogP contribution is 2.20. The second kappa shape index (κ2) is 8.14. The van der Waals surface area contributed by atoms with Crippen molar-refractivity contribution >= 4 is 33.4 Å². The molecule has 0 unspecified atom stereocenters. The highest BCUT2D eigenvalue weighted by molar-refractivity contribution is 7.16. The zero-order chi connectivity index (χ0) is 19.4. The lowest BCUT2D eigenvalue weighted by Gasteiger charge is -2.02. The molecule has 3 rings (SSSR count). The summed E-state index contributed by atoms with van der Waals surface area (Å²) in [6.07, 6.45) is 2.00. The van der Waals surface area contributed by atoms with Gasteiger partial charge in [0.15, 0.2) is 4.80 Å². The van der Waals surface area contributed by atoms with Gasteiger partial charge < -0.3 is 9.30 Å². The van der Waals surface area contributed by atoms with Crippen LogP contribution in [0.25, 0.3) is 10.2 Å². The minimum Gasteiger partial charge on any atom is -0.465 e. The van der Waals surface area contributed by atoms with Crippen LogP contribution in [0, 0.1) is 6.92 Å². The van der Waals surface area contributed by atoms with Crippen LogP contribution in [0.1, 0.15) is 21.5 Å². The zero-order valence-corrected chi connectivity index (χ0v) is 16.1. The lowest BCUT2D eigenvalue weighted by Crippen LogP contribution is -2.17. The number of fused-ring (bicyclic) bond motifs is 1. The molecule has 1 amide bonds. The molecule has 0 aliphatic heterocycles. The molecule has 1 aromatic heterocycles. The van der Waals surface area contributed by atoms with Crippen LogP contribution in [0.2, 0.25) is 0 Å². The molecule has 0 aliphatic carbocycles. The zero-order valence-electron chi connectivity index (χ0n) is 15.3. The molecule has 27 heavy (non-hydrogen) atoms. The molecule has 0 aliphatic rings. The number of carbonyl (C=O) groups is 2. The molecule has 2 aromatic carbocycles. The predicted molar refractivity (Wildman–Crippen MR) is 107 cm³/mol. The Bertz CT molecular complexity index is 1090. The van der Waals surface area contributed by atoms with Crippen molar-refractivity contribution in [1.29, 1.82) is 0 Å². The first-order chi connectivity index (χ1) is 13.0. The van der Waals surface area contributed by atoms with Crippen molar-refractivity contribution in [3.05, 3.63) is 76.6 Å². The van der Waals surface area contributed by atoms with Gasteiger partial charge in [0.05, 0.1) is 29.3 Å². The minimum absolute atomic E-state index is 0.210. The number of hydrogen-bond acceptors (Lipinski definition) is 4. The Morgan fingerprint density at radius 1 is 1.26 bits per heavy atom. The molecule has 0 fully saturated rings. The van der Waals surface area contributed by atoms with Gasteiger partial charge in [-0.15, -0.1) is 6.58 Å². The number of thiazole rings is 1. The number of ether oxygens (including phenoxy) is 1. The van der Waals surface area contributed by atoms with E-state index in [1.54, 1.807) is 18.2 Å². The van der Waals surface area contributed by atoms with E-state index in [0.29, 0.717) is 16.9 Å². The van der Waals surface area contributed by atoms with Crippen LogP contribution in [-0.2, 0) is 22.5 Å². The highest BCUT2D eigenvalue weighted by atomic mass is 32.1. The Balaban J connectivity index is 2.02. The van der Waals surface area contributed by atoms with Gasteiger partial charge in [-0.2, -0.15) is 4.99 Å². The minimum atomic E-state index is -0.394. The molecular weight excluding hydrogens is 360 g/mol. The summed E-state index contributed by atoms with van der Waals surface area (Å²) in [5.41, 5.74) is 3.41. The Hall–Kier alpha value is -2.99. The smallest absolute Gasteiger partial charge is 0.337 e. The summed E-state index contributed by atoms with van der Waals surface area (Å²) in [4.78, 5) is 29.1. The monoisotopic (exact) mass is 380 g/mol.